The van der Waals surface area contributed by atoms with Gasteiger partial charge in [0, 0.05) is 12.2 Å². The predicted molar refractivity (Wildman–Crippen MR) is 114 cm³/mol. The Morgan fingerprint density at radius 3 is 2.57 bits per heavy atom. The van der Waals surface area contributed by atoms with Crippen LogP contribution in [0.4, 0.5) is 17.6 Å². The molecule has 0 spiro atoms. The molecular weight excluding hydrogens is 370 g/mol. The molecule has 0 bridgehead atoms. The summed E-state index contributed by atoms with van der Waals surface area (Å²) in [5.41, 5.74) is 10.1. The maximum atomic E-state index is 5.89. The molecule has 8 heteroatoms. The Morgan fingerprint density at radius 1 is 1.00 bits per heavy atom. The van der Waals surface area contributed by atoms with Gasteiger partial charge in [0.05, 0.1) is 16.8 Å². The Morgan fingerprint density at radius 2 is 1.79 bits per heavy atom. The standard InChI is InChI=1S/C20H21N7S/c1-3-27-16-7-5-4-6-15(16)23-20(27)28-12-17-24-18(21)26-19(25-17)22-14-10-8-13(2)9-11-14/h4-11H,3,12H2,1-2H3,(H3,21,22,24,25,26). The van der Waals surface area contributed by atoms with Crippen molar-refractivity contribution in [2.45, 2.75) is 31.3 Å². The number of imidazole rings is 1. The van der Waals surface area contributed by atoms with E-state index in [-0.39, 0.29) is 5.95 Å². The lowest BCUT2D eigenvalue weighted by Gasteiger charge is -2.08. The third-order valence-electron chi connectivity index (χ3n) is 4.27. The first kappa shape index (κ1) is 18.2. The van der Waals surface area contributed by atoms with Gasteiger partial charge in [-0.05, 0) is 38.1 Å². The number of hydrogen-bond acceptors (Lipinski definition) is 7. The van der Waals surface area contributed by atoms with Crippen LogP contribution in [0, 0.1) is 6.92 Å². The molecule has 28 heavy (non-hydrogen) atoms. The number of aromatic nitrogens is 5. The first-order valence-electron chi connectivity index (χ1n) is 9.04. The normalized spacial score (nSPS) is 11.1. The lowest BCUT2D eigenvalue weighted by Crippen LogP contribution is -2.07. The molecule has 2 aromatic heterocycles. The molecule has 0 saturated heterocycles. The second kappa shape index (κ2) is 7.85. The number of thioether (sulfide) groups is 1. The van der Waals surface area contributed by atoms with Gasteiger partial charge in [-0.25, -0.2) is 4.98 Å². The minimum Gasteiger partial charge on any atom is -0.368 e. The van der Waals surface area contributed by atoms with Crippen molar-refractivity contribution in [3.8, 4) is 0 Å². The Balaban J connectivity index is 1.54. The van der Waals surface area contributed by atoms with Gasteiger partial charge in [0.2, 0.25) is 11.9 Å². The van der Waals surface area contributed by atoms with Crippen molar-refractivity contribution in [3.05, 3.63) is 59.9 Å². The van der Waals surface area contributed by atoms with Crippen LogP contribution >= 0.6 is 11.8 Å². The number of benzene rings is 2. The van der Waals surface area contributed by atoms with Gasteiger partial charge < -0.3 is 15.6 Å². The van der Waals surface area contributed by atoms with Gasteiger partial charge in [0.15, 0.2) is 5.16 Å². The van der Waals surface area contributed by atoms with E-state index in [2.05, 4.69) is 37.8 Å². The van der Waals surface area contributed by atoms with Gasteiger partial charge >= 0.3 is 0 Å². The zero-order valence-corrected chi connectivity index (χ0v) is 16.6. The third kappa shape index (κ3) is 3.91. The molecule has 7 nitrogen and oxygen atoms in total. The zero-order chi connectivity index (χ0) is 19.5. The van der Waals surface area contributed by atoms with E-state index in [4.69, 9.17) is 10.7 Å². The highest BCUT2D eigenvalue weighted by atomic mass is 32.2. The summed E-state index contributed by atoms with van der Waals surface area (Å²) in [7, 11) is 0. The van der Waals surface area contributed by atoms with Crippen molar-refractivity contribution in [2.75, 3.05) is 11.1 Å². The molecule has 2 aromatic carbocycles. The third-order valence-corrected chi connectivity index (χ3v) is 5.25. The number of para-hydroxylation sites is 2. The van der Waals surface area contributed by atoms with Crippen molar-refractivity contribution >= 4 is 40.4 Å². The molecule has 0 aliphatic heterocycles. The maximum Gasteiger partial charge on any atom is 0.232 e. The fourth-order valence-corrected chi connectivity index (χ4v) is 3.86. The largest absolute Gasteiger partial charge is 0.368 e. The number of anilines is 3. The van der Waals surface area contributed by atoms with Gasteiger partial charge in [-0.2, -0.15) is 15.0 Å². The number of hydrogen-bond donors (Lipinski definition) is 2. The van der Waals surface area contributed by atoms with Crippen LogP contribution in [-0.4, -0.2) is 24.5 Å². The predicted octanol–water partition coefficient (Wildman–Crippen LogP) is 4.17. The van der Waals surface area contributed by atoms with Crippen LogP contribution in [-0.2, 0) is 12.3 Å². The molecule has 0 radical (unpaired) electrons. The van der Waals surface area contributed by atoms with E-state index in [1.54, 1.807) is 11.8 Å². The Labute approximate surface area is 167 Å². The molecule has 4 rings (SSSR count). The van der Waals surface area contributed by atoms with E-state index in [1.807, 2.05) is 49.4 Å². The number of fused-ring (bicyclic) bond motifs is 1. The number of nitrogens with one attached hydrogen (secondary N) is 1. The highest BCUT2D eigenvalue weighted by Crippen LogP contribution is 2.26. The van der Waals surface area contributed by atoms with E-state index in [9.17, 15) is 0 Å². The summed E-state index contributed by atoms with van der Waals surface area (Å²) in [6, 6.07) is 16.1. The monoisotopic (exact) mass is 391 g/mol. The molecule has 0 aliphatic carbocycles. The van der Waals surface area contributed by atoms with E-state index in [0.717, 1.165) is 28.4 Å². The number of aryl methyl sites for hydroxylation is 2. The molecule has 0 unspecified atom stereocenters. The van der Waals surface area contributed by atoms with Crippen LogP contribution in [0.1, 0.15) is 18.3 Å². The molecule has 0 atom stereocenters. The molecule has 3 N–H and O–H groups in total. The number of nitrogens with zero attached hydrogens (tertiary/aromatic N) is 5. The highest BCUT2D eigenvalue weighted by molar-refractivity contribution is 7.98. The molecule has 4 aromatic rings. The Hall–Kier alpha value is -3.13. The van der Waals surface area contributed by atoms with E-state index in [1.165, 1.54) is 5.56 Å². The first-order valence-corrected chi connectivity index (χ1v) is 10.0. The van der Waals surface area contributed by atoms with Crippen LogP contribution < -0.4 is 11.1 Å². The maximum absolute atomic E-state index is 5.89. The SMILES string of the molecule is CCn1c(SCc2nc(N)nc(Nc3ccc(C)cc3)n2)nc2ccccc21. The quantitative estimate of drug-likeness (QED) is 0.476. The summed E-state index contributed by atoms with van der Waals surface area (Å²) < 4.78 is 2.19. The van der Waals surface area contributed by atoms with E-state index < -0.39 is 0 Å². The average molecular weight is 392 g/mol. The summed E-state index contributed by atoms with van der Waals surface area (Å²) in [6.45, 7) is 5.01. The van der Waals surface area contributed by atoms with Crippen LogP contribution in [0.15, 0.2) is 53.7 Å². The molecule has 0 saturated carbocycles. The van der Waals surface area contributed by atoms with E-state index in [0.29, 0.717) is 17.5 Å². The number of nitrogen functional groups attached to an aromatic ring is 1. The highest BCUT2D eigenvalue weighted by Gasteiger charge is 2.12. The van der Waals surface area contributed by atoms with Crippen LogP contribution in [0.25, 0.3) is 11.0 Å². The van der Waals surface area contributed by atoms with Crippen LogP contribution in [0.5, 0.6) is 0 Å². The Kier molecular flexibility index (Phi) is 5.12. The summed E-state index contributed by atoms with van der Waals surface area (Å²) in [5, 5.41) is 4.12. The van der Waals surface area contributed by atoms with Crippen LogP contribution in [0.3, 0.4) is 0 Å². The lowest BCUT2D eigenvalue weighted by molar-refractivity contribution is 0.702. The second-order valence-electron chi connectivity index (χ2n) is 6.34. The smallest absolute Gasteiger partial charge is 0.232 e. The molecule has 142 valence electrons. The zero-order valence-electron chi connectivity index (χ0n) is 15.8. The number of nitrogens with two attached hydrogens (primary N) is 1. The van der Waals surface area contributed by atoms with Gasteiger partial charge in [0.25, 0.3) is 0 Å². The minimum absolute atomic E-state index is 0.198. The molecule has 0 aliphatic rings. The summed E-state index contributed by atoms with van der Waals surface area (Å²) in [4.78, 5) is 17.7. The van der Waals surface area contributed by atoms with Crippen LogP contribution in [0.2, 0.25) is 0 Å². The molecular formula is C20H21N7S. The first-order chi connectivity index (χ1) is 13.6. The number of rotatable bonds is 6. The fourth-order valence-electron chi connectivity index (χ4n) is 2.92. The molecule has 0 fully saturated rings. The summed E-state index contributed by atoms with van der Waals surface area (Å²) in [5.74, 6) is 1.81. The lowest BCUT2D eigenvalue weighted by atomic mass is 10.2. The van der Waals surface area contributed by atoms with Crippen molar-refractivity contribution in [1.29, 1.82) is 0 Å². The van der Waals surface area contributed by atoms with Crippen molar-refractivity contribution < 1.29 is 0 Å². The average Bonchev–Trinajstić information content (AvgIpc) is 3.05. The minimum atomic E-state index is 0.198. The summed E-state index contributed by atoms with van der Waals surface area (Å²) in [6.07, 6.45) is 0. The van der Waals surface area contributed by atoms with Crippen molar-refractivity contribution in [3.63, 3.8) is 0 Å². The topological polar surface area (TPSA) is 94.5 Å². The Bertz CT molecular complexity index is 1110. The second-order valence-corrected chi connectivity index (χ2v) is 7.28. The molecule has 0 amide bonds. The van der Waals surface area contributed by atoms with Gasteiger partial charge in [0.1, 0.15) is 5.82 Å². The van der Waals surface area contributed by atoms with Crippen molar-refractivity contribution in [2.24, 2.45) is 0 Å². The fraction of sp³-hybridized carbons (Fsp3) is 0.200. The summed E-state index contributed by atoms with van der Waals surface area (Å²) >= 11 is 1.59. The molecule has 2 heterocycles. The van der Waals surface area contributed by atoms with E-state index >= 15 is 0 Å². The van der Waals surface area contributed by atoms with Gasteiger partial charge in [-0.3, -0.25) is 0 Å². The van der Waals surface area contributed by atoms with Gasteiger partial charge in [-0.1, -0.05) is 41.6 Å². The van der Waals surface area contributed by atoms with Gasteiger partial charge in [-0.15, -0.1) is 0 Å². The van der Waals surface area contributed by atoms with Crippen molar-refractivity contribution in [1.82, 2.24) is 24.5 Å².